The minimum Gasteiger partial charge on any atom is -0.491 e. The van der Waals surface area contributed by atoms with Crippen molar-refractivity contribution in [3.63, 3.8) is 0 Å². The number of nitrogens with zero attached hydrogens (tertiary/aromatic N) is 1. The second kappa shape index (κ2) is 7.14. The molecule has 1 heterocycles. The van der Waals surface area contributed by atoms with Gasteiger partial charge in [0, 0.05) is 19.6 Å². The van der Waals surface area contributed by atoms with E-state index in [1.165, 1.54) is 0 Å². The highest BCUT2D eigenvalue weighted by atomic mass is 16.5. The molecular formula is C15H22N2O3. The van der Waals surface area contributed by atoms with E-state index in [1.807, 2.05) is 38.1 Å². The molecule has 110 valence electrons. The molecule has 1 aliphatic rings. The summed E-state index contributed by atoms with van der Waals surface area (Å²) in [6, 6.07) is 7.76. The van der Waals surface area contributed by atoms with Crippen LogP contribution in [0.1, 0.15) is 19.4 Å². The molecule has 1 fully saturated rings. The van der Waals surface area contributed by atoms with Crippen molar-refractivity contribution in [1.29, 1.82) is 0 Å². The molecule has 2 rings (SSSR count). The maximum atomic E-state index is 11.9. The molecule has 0 aromatic heterocycles. The predicted octanol–water partition coefficient (Wildman–Crippen LogP) is 2.02. The van der Waals surface area contributed by atoms with Gasteiger partial charge in [-0.1, -0.05) is 12.1 Å². The second-order valence-electron chi connectivity index (χ2n) is 5.07. The highest BCUT2D eigenvalue weighted by Crippen LogP contribution is 2.13. The van der Waals surface area contributed by atoms with Gasteiger partial charge >= 0.3 is 6.03 Å². The van der Waals surface area contributed by atoms with Crippen LogP contribution in [-0.4, -0.2) is 43.3 Å². The van der Waals surface area contributed by atoms with Crippen LogP contribution in [0, 0.1) is 0 Å². The number of urea groups is 1. The van der Waals surface area contributed by atoms with Crippen molar-refractivity contribution in [2.24, 2.45) is 0 Å². The van der Waals surface area contributed by atoms with E-state index in [1.54, 1.807) is 4.90 Å². The van der Waals surface area contributed by atoms with Gasteiger partial charge in [-0.05, 0) is 31.5 Å². The monoisotopic (exact) mass is 278 g/mol. The zero-order valence-corrected chi connectivity index (χ0v) is 12.1. The Bertz CT molecular complexity index is 425. The quantitative estimate of drug-likeness (QED) is 0.916. The Morgan fingerprint density at radius 3 is 2.55 bits per heavy atom. The van der Waals surface area contributed by atoms with Gasteiger partial charge < -0.3 is 19.7 Å². The zero-order valence-electron chi connectivity index (χ0n) is 12.1. The number of rotatable bonds is 4. The van der Waals surface area contributed by atoms with Crippen molar-refractivity contribution in [1.82, 2.24) is 10.2 Å². The molecule has 0 radical (unpaired) electrons. The van der Waals surface area contributed by atoms with Gasteiger partial charge in [0.1, 0.15) is 5.75 Å². The van der Waals surface area contributed by atoms with Crippen molar-refractivity contribution in [3.05, 3.63) is 29.8 Å². The fraction of sp³-hybridized carbons (Fsp3) is 0.533. The highest BCUT2D eigenvalue weighted by molar-refractivity contribution is 5.74. The zero-order chi connectivity index (χ0) is 14.4. The maximum Gasteiger partial charge on any atom is 0.317 e. The average Bonchev–Trinajstić information content (AvgIpc) is 2.46. The first-order chi connectivity index (χ1) is 9.65. The third-order valence-electron chi connectivity index (χ3n) is 3.04. The van der Waals surface area contributed by atoms with Crippen molar-refractivity contribution in [2.45, 2.75) is 26.5 Å². The summed E-state index contributed by atoms with van der Waals surface area (Å²) in [5.41, 5.74) is 1.06. The summed E-state index contributed by atoms with van der Waals surface area (Å²) in [6.45, 7) is 7.08. The van der Waals surface area contributed by atoms with Crippen molar-refractivity contribution in [3.8, 4) is 5.75 Å². The van der Waals surface area contributed by atoms with Gasteiger partial charge in [-0.2, -0.15) is 0 Å². The summed E-state index contributed by atoms with van der Waals surface area (Å²) < 4.78 is 10.8. The van der Waals surface area contributed by atoms with Crippen molar-refractivity contribution < 1.29 is 14.3 Å². The molecule has 1 aromatic carbocycles. The Morgan fingerprint density at radius 2 is 1.95 bits per heavy atom. The molecule has 2 amide bonds. The summed E-state index contributed by atoms with van der Waals surface area (Å²) in [5.74, 6) is 0.850. The first-order valence-corrected chi connectivity index (χ1v) is 7.01. The Labute approximate surface area is 119 Å². The van der Waals surface area contributed by atoms with Crippen LogP contribution in [0.5, 0.6) is 5.75 Å². The molecular weight excluding hydrogens is 256 g/mol. The lowest BCUT2D eigenvalue weighted by molar-refractivity contribution is 0.0531. The van der Waals surface area contributed by atoms with E-state index in [2.05, 4.69) is 5.32 Å². The lowest BCUT2D eigenvalue weighted by Gasteiger charge is -2.26. The predicted molar refractivity (Wildman–Crippen MR) is 76.8 cm³/mol. The molecule has 1 N–H and O–H groups in total. The van der Waals surface area contributed by atoms with E-state index in [0.717, 1.165) is 11.3 Å². The van der Waals surface area contributed by atoms with Crippen LogP contribution in [0.25, 0.3) is 0 Å². The number of morpholine rings is 1. The fourth-order valence-corrected chi connectivity index (χ4v) is 2.01. The molecule has 1 saturated heterocycles. The first-order valence-electron chi connectivity index (χ1n) is 7.01. The molecule has 0 saturated carbocycles. The van der Waals surface area contributed by atoms with Crippen molar-refractivity contribution in [2.75, 3.05) is 26.3 Å². The normalized spacial score (nSPS) is 15.2. The highest BCUT2D eigenvalue weighted by Gasteiger charge is 2.15. The summed E-state index contributed by atoms with van der Waals surface area (Å²) in [6.07, 6.45) is 0.168. The minimum absolute atomic E-state index is 0.0317. The second-order valence-corrected chi connectivity index (χ2v) is 5.07. The molecule has 0 bridgehead atoms. The third kappa shape index (κ3) is 4.42. The van der Waals surface area contributed by atoms with Crippen LogP contribution in [0.2, 0.25) is 0 Å². The van der Waals surface area contributed by atoms with Gasteiger partial charge in [-0.25, -0.2) is 4.79 Å². The summed E-state index contributed by atoms with van der Waals surface area (Å²) in [5, 5.41) is 2.92. The number of hydrogen-bond donors (Lipinski definition) is 1. The van der Waals surface area contributed by atoms with E-state index >= 15 is 0 Å². The van der Waals surface area contributed by atoms with Crippen LogP contribution in [0.15, 0.2) is 24.3 Å². The largest absolute Gasteiger partial charge is 0.491 e. The standard InChI is InChI=1S/C15H22N2O3/c1-12(2)20-14-5-3-13(4-6-14)11-16-15(18)17-7-9-19-10-8-17/h3-6,12H,7-11H2,1-2H3,(H,16,18). The molecule has 5 heteroatoms. The number of hydrogen-bond acceptors (Lipinski definition) is 3. The van der Waals surface area contributed by atoms with Crippen LogP contribution in [-0.2, 0) is 11.3 Å². The van der Waals surface area contributed by atoms with Gasteiger partial charge in [-0.3, -0.25) is 0 Å². The molecule has 0 spiro atoms. The van der Waals surface area contributed by atoms with Gasteiger partial charge in [0.2, 0.25) is 0 Å². The van der Waals surface area contributed by atoms with Crippen LogP contribution in [0.4, 0.5) is 4.79 Å². The Kier molecular flexibility index (Phi) is 5.24. The number of amides is 2. The molecule has 1 aliphatic heterocycles. The number of carbonyl (C=O) groups is 1. The molecule has 0 atom stereocenters. The first kappa shape index (κ1) is 14.7. The smallest absolute Gasteiger partial charge is 0.317 e. The average molecular weight is 278 g/mol. The Morgan fingerprint density at radius 1 is 1.30 bits per heavy atom. The van der Waals surface area contributed by atoms with E-state index in [4.69, 9.17) is 9.47 Å². The minimum atomic E-state index is -0.0317. The number of ether oxygens (including phenoxy) is 2. The SMILES string of the molecule is CC(C)Oc1ccc(CNC(=O)N2CCOCC2)cc1. The van der Waals surface area contributed by atoms with Crippen LogP contribution >= 0.6 is 0 Å². The van der Waals surface area contributed by atoms with Gasteiger partial charge in [0.15, 0.2) is 0 Å². The van der Waals surface area contributed by atoms with Gasteiger partial charge in [0.05, 0.1) is 19.3 Å². The van der Waals surface area contributed by atoms with Gasteiger partial charge in [-0.15, -0.1) is 0 Å². The maximum absolute atomic E-state index is 11.9. The van der Waals surface area contributed by atoms with E-state index in [0.29, 0.717) is 32.8 Å². The van der Waals surface area contributed by atoms with Crippen LogP contribution < -0.4 is 10.1 Å². The molecule has 0 aliphatic carbocycles. The molecule has 1 aromatic rings. The Hall–Kier alpha value is -1.75. The fourth-order valence-electron chi connectivity index (χ4n) is 2.01. The number of nitrogens with one attached hydrogen (secondary N) is 1. The van der Waals surface area contributed by atoms with Crippen LogP contribution in [0.3, 0.4) is 0 Å². The summed E-state index contributed by atoms with van der Waals surface area (Å²) >= 11 is 0. The lowest BCUT2D eigenvalue weighted by atomic mass is 10.2. The third-order valence-corrected chi connectivity index (χ3v) is 3.04. The molecule has 5 nitrogen and oxygen atoms in total. The number of carbonyl (C=O) groups excluding carboxylic acids is 1. The molecule has 20 heavy (non-hydrogen) atoms. The number of benzene rings is 1. The lowest BCUT2D eigenvalue weighted by Crippen LogP contribution is -2.45. The molecule has 0 unspecified atom stereocenters. The van der Waals surface area contributed by atoms with Gasteiger partial charge in [0.25, 0.3) is 0 Å². The summed E-state index contributed by atoms with van der Waals surface area (Å²) in [7, 11) is 0. The topological polar surface area (TPSA) is 50.8 Å². The van der Waals surface area contributed by atoms with E-state index in [-0.39, 0.29) is 12.1 Å². The van der Waals surface area contributed by atoms with E-state index in [9.17, 15) is 4.79 Å². The van der Waals surface area contributed by atoms with E-state index < -0.39 is 0 Å². The summed E-state index contributed by atoms with van der Waals surface area (Å²) in [4.78, 5) is 13.7. The van der Waals surface area contributed by atoms with Crippen molar-refractivity contribution >= 4 is 6.03 Å². The Balaban J connectivity index is 1.79.